The number of thiophene rings is 1. The van der Waals surface area contributed by atoms with Crippen LogP contribution >= 0.6 is 43.2 Å². The maximum absolute atomic E-state index is 11.8. The molecule has 1 aromatic rings. The van der Waals surface area contributed by atoms with Crippen LogP contribution in [0, 0.1) is 11.3 Å². The molecule has 0 radical (unpaired) electrons. The molecule has 3 nitrogen and oxygen atoms in total. The lowest BCUT2D eigenvalue weighted by Crippen LogP contribution is -2.23. The average molecular weight is 392 g/mol. The van der Waals surface area contributed by atoms with Crippen molar-refractivity contribution in [2.45, 2.75) is 30.5 Å². The first-order chi connectivity index (χ1) is 8.67. The quantitative estimate of drug-likeness (QED) is 0.800. The number of carbonyl (C=O) groups excluding carboxylic acids is 1. The molecule has 1 atom stereocenters. The minimum absolute atomic E-state index is 0.109. The van der Waals surface area contributed by atoms with E-state index in [1.54, 1.807) is 11.3 Å². The van der Waals surface area contributed by atoms with Gasteiger partial charge in [-0.25, -0.2) is 0 Å². The second kappa shape index (κ2) is 6.18. The Kier molecular flexibility index (Phi) is 4.82. The van der Waals surface area contributed by atoms with Crippen molar-refractivity contribution in [3.05, 3.63) is 16.0 Å². The topological polar surface area (TPSA) is 52.9 Å². The molecule has 0 bridgehead atoms. The van der Waals surface area contributed by atoms with E-state index in [1.807, 2.05) is 0 Å². The van der Waals surface area contributed by atoms with Gasteiger partial charge in [0.1, 0.15) is 15.9 Å². The molecule has 0 saturated heterocycles. The Balaban J connectivity index is 2.26. The zero-order valence-electron chi connectivity index (χ0n) is 9.63. The molecule has 1 amide bonds. The van der Waals surface area contributed by atoms with E-state index in [1.165, 1.54) is 11.3 Å². The summed E-state index contributed by atoms with van der Waals surface area (Å²) in [6.45, 7) is 0. The van der Waals surface area contributed by atoms with Gasteiger partial charge in [0.05, 0.1) is 5.56 Å². The van der Waals surface area contributed by atoms with Crippen LogP contribution < -0.4 is 5.32 Å². The van der Waals surface area contributed by atoms with Gasteiger partial charge in [-0.1, -0.05) is 31.9 Å². The molecule has 0 fully saturated rings. The van der Waals surface area contributed by atoms with Gasteiger partial charge < -0.3 is 5.32 Å². The van der Waals surface area contributed by atoms with Crippen molar-refractivity contribution in [1.29, 1.82) is 5.26 Å². The molecular weight excluding hydrogens is 380 g/mol. The third-order valence-corrected chi connectivity index (χ3v) is 6.40. The van der Waals surface area contributed by atoms with Gasteiger partial charge >= 0.3 is 0 Å². The van der Waals surface area contributed by atoms with Gasteiger partial charge in [0.25, 0.3) is 0 Å². The van der Waals surface area contributed by atoms with E-state index in [9.17, 15) is 10.1 Å². The number of nitrogens with one attached hydrogen (secondary N) is 1. The number of hydrogen-bond acceptors (Lipinski definition) is 3. The van der Waals surface area contributed by atoms with Crippen LogP contribution in [-0.4, -0.2) is 16.1 Å². The van der Waals surface area contributed by atoms with E-state index in [0.29, 0.717) is 15.9 Å². The van der Waals surface area contributed by atoms with E-state index in [4.69, 9.17) is 0 Å². The van der Waals surface area contributed by atoms with Gasteiger partial charge in [0.15, 0.2) is 0 Å². The van der Waals surface area contributed by atoms with Crippen LogP contribution in [-0.2, 0) is 17.6 Å². The highest BCUT2D eigenvalue weighted by Crippen LogP contribution is 2.37. The molecule has 6 heteroatoms. The second-order valence-electron chi connectivity index (χ2n) is 4.14. The van der Waals surface area contributed by atoms with Crippen LogP contribution in [0.5, 0.6) is 0 Å². The normalized spacial score (nSPS) is 15.6. The summed E-state index contributed by atoms with van der Waals surface area (Å²) in [6.07, 6.45) is 4.30. The molecule has 2 rings (SSSR count). The zero-order valence-corrected chi connectivity index (χ0v) is 13.6. The summed E-state index contributed by atoms with van der Waals surface area (Å²) < 4.78 is 0. The maximum Gasteiger partial charge on any atom is 0.239 e. The number of rotatable bonds is 3. The number of anilines is 1. The number of nitrogens with zero attached hydrogens (tertiary/aromatic N) is 1. The molecule has 1 aliphatic carbocycles. The molecule has 0 aromatic carbocycles. The zero-order chi connectivity index (χ0) is 13.1. The molecular formula is C12H12Br2N2OS. The fourth-order valence-electron chi connectivity index (χ4n) is 2.03. The summed E-state index contributed by atoms with van der Waals surface area (Å²) in [6, 6.07) is 2.23. The van der Waals surface area contributed by atoms with Crippen LogP contribution in [0.15, 0.2) is 0 Å². The summed E-state index contributed by atoms with van der Waals surface area (Å²) >= 11 is 8.08. The van der Waals surface area contributed by atoms with Gasteiger partial charge in [-0.3, -0.25) is 4.79 Å². The van der Waals surface area contributed by atoms with Crippen LogP contribution in [0.25, 0.3) is 0 Å². The van der Waals surface area contributed by atoms with Crippen molar-refractivity contribution >= 4 is 54.1 Å². The van der Waals surface area contributed by atoms with E-state index >= 15 is 0 Å². The molecule has 0 spiro atoms. The van der Waals surface area contributed by atoms with Gasteiger partial charge in [-0.15, -0.1) is 11.3 Å². The third kappa shape index (κ3) is 2.79. The fraction of sp³-hybridized carbons (Fsp3) is 0.500. The van der Waals surface area contributed by atoms with Crippen molar-refractivity contribution in [2.75, 3.05) is 10.6 Å². The molecule has 1 aromatic heterocycles. The summed E-state index contributed by atoms with van der Waals surface area (Å²) in [7, 11) is 0. The number of halogens is 2. The number of fused-ring (bicyclic) bond motifs is 1. The molecule has 0 saturated carbocycles. The Morgan fingerprint density at radius 1 is 1.50 bits per heavy atom. The van der Waals surface area contributed by atoms with E-state index < -0.39 is 0 Å². The lowest BCUT2D eigenvalue weighted by molar-refractivity contribution is -0.115. The highest BCUT2D eigenvalue weighted by molar-refractivity contribution is 9.12. The summed E-state index contributed by atoms with van der Waals surface area (Å²) in [5, 5.41) is 13.4. The molecule has 1 N–H and O–H groups in total. The largest absolute Gasteiger partial charge is 0.316 e. The minimum Gasteiger partial charge on any atom is -0.316 e. The molecule has 1 heterocycles. The first-order valence-corrected chi connectivity index (χ1v) is 8.58. The SMILES string of the molecule is N#Cc1c(NC(=O)C(Br)CBr)sc2c1CCCC2. The monoisotopic (exact) mass is 390 g/mol. The summed E-state index contributed by atoms with van der Waals surface area (Å²) in [4.78, 5) is 12.8. The first-order valence-electron chi connectivity index (χ1n) is 5.73. The Labute approximate surface area is 127 Å². The van der Waals surface area contributed by atoms with Crippen molar-refractivity contribution in [3.63, 3.8) is 0 Å². The number of alkyl halides is 2. The Morgan fingerprint density at radius 3 is 2.89 bits per heavy atom. The summed E-state index contributed by atoms with van der Waals surface area (Å²) in [5.41, 5.74) is 1.81. The second-order valence-corrected chi connectivity index (χ2v) is 7.00. The van der Waals surface area contributed by atoms with Crippen molar-refractivity contribution < 1.29 is 4.79 Å². The van der Waals surface area contributed by atoms with Crippen LogP contribution in [0.2, 0.25) is 0 Å². The fourth-order valence-corrected chi connectivity index (χ4v) is 3.68. The predicted molar refractivity (Wildman–Crippen MR) is 80.8 cm³/mol. The van der Waals surface area contributed by atoms with Gasteiger partial charge in [0, 0.05) is 10.2 Å². The van der Waals surface area contributed by atoms with Gasteiger partial charge in [-0.05, 0) is 31.2 Å². The number of nitriles is 1. The van der Waals surface area contributed by atoms with E-state index in [0.717, 1.165) is 24.8 Å². The lowest BCUT2D eigenvalue weighted by Gasteiger charge is -2.09. The lowest BCUT2D eigenvalue weighted by atomic mass is 9.96. The van der Waals surface area contributed by atoms with E-state index in [2.05, 4.69) is 43.2 Å². The van der Waals surface area contributed by atoms with Crippen molar-refractivity contribution in [1.82, 2.24) is 0 Å². The number of amides is 1. The summed E-state index contributed by atoms with van der Waals surface area (Å²) in [5.74, 6) is -0.109. The average Bonchev–Trinajstić information content (AvgIpc) is 2.74. The number of hydrogen-bond donors (Lipinski definition) is 1. The van der Waals surface area contributed by atoms with Gasteiger partial charge in [0.2, 0.25) is 5.91 Å². The molecule has 1 unspecified atom stereocenters. The Hall–Kier alpha value is -0.380. The maximum atomic E-state index is 11.8. The number of carbonyl (C=O) groups is 1. The van der Waals surface area contributed by atoms with Crippen molar-refractivity contribution in [2.24, 2.45) is 0 Å². The third-order valence-electron chi connectivity index (χ3n) is 2.94. The molecule has 18 heavy (non-hydrogen) atoms. The standard InChI is InChI=1S/C12H12Br2N2OS/c13-5-9(14)11(17)16-12-8(6-15)7-3-1-2-4-10(7)18-12/h9H,1-5H2,(H,16,17). The highest BCUT2D eigenvalue weighted by atomic mass is 79.9. The smallest absolute Gasteiger partial charge is 0.239 e. The Morgan fingerprint density at radius 2 is 2.22 bits per heavy atom. The van der Waals surface area contributed by atoms with Crippen LogP contribution in [0.4, 0.5) is 5.00 Å². The van der Waals surface area contributed by atoms with E-state index in [-0.39, 0.29) is 10.7 Å². The first kappa shape index (κ1) is 14.0. The van der Waals surface area contributed by atoms with Crippen LogP contribution in [0.3, 0.4) is 0 Å². The number of aryl methyl sites for hydroxylation is 1. The molecule has 96 valence electrons. The van der Waals surface area contributed by atoms with Crippen LogP contribution in [0.1, 0.15) is 28.8 Å². The van der Waals surface area contributed by atoms with Gasteiger partial charge in [-0.2, -0.15) is 5.26 Å². The molecule has 0 aliphatic heterocycles. The Bertz CT molecular complexity index is 507. The minimum atomic E-state index is -0.275. The molecule has 1 aliphatic rings. The highest BCUT2D eigenvalue weighted by Gasteiger charge is 2.23. The van der Waals surface area contributed by atoms with Crippen molar-refractivity contribution in [3.8, 4) is 6.07 Å². The predicted octanol–water partition coefficient (Wildman–Crippen LogP) is 3.60.